The summed E-state index contributed by atoms with van der Waals surface area (Å²) >= 11 is 0. The number of carbonyl (C=O) groups excluding carboxylic acids is 1. The lowest BCUT2D eigenvalue weighted by molar-refractivity contribution is -0.912. The molecule has 1 fully saturated rings. The Morgan fingerprint density at radius 1 is 1.41 bits per heavy atom. The number of carbonyl (C=O) groups is 1. The van der Waals surface area contributed by atoms with E-state index in [1.165, 1.54) is 12.5 Å². The number of nitrogens with zero attached hydrogens (tertiary/aromatic N) is 1. The molecule has 0 bridgehead atoms. The van der Waals surface area contributed by atoms with Crippen LogP contribution in [0.5, 0.6) is 0 Å². The van der Waals surface area contributed by atoms with Gasteiger partial charge in [0.2, 0.25) is 0 Å². The van der Waals surface area contributed by atoms with Gasteiger partial charge in [-0.25, -0.2) is 0 Å². The van der Waals surface area contributed by atoms with E-state index in [4.69, 9.17) is 4.74 Å². The molecule has 0 N–H and O–H groups in total. The van der Waals surface area contributed by atoms with E-state index in [-0.39, 0.29) is 12.1 Å². The Balaban J connectivity index is 1.95. The Kier molecular flexibility index (Phi) is 3.48. The Bertz CT molecular complexity index is 390. The molecule has 0 saturated carbocycles. The predicted molar refractivity (Wildman–Crippen MR) is 66.2 cm³/mol. The van der Waals surface area contributed by atoms with Crippen molar-refractivity contribution in [2.24, 2.45) is 0 Å². The number of likely N-dealkylation sites (N-methyl/N-ethyl adjacent to an activating group) is 1. The molecule has 0 aromatic heterocycles. The number of quaternary nitrogens is 1. The highest BCUT2D eigenvalue weighted by molar-refractivity contribution is 5.66. The number of hydrogen-bond acceptors (Lipinski definition) is 2. The van der Waals surface area contributed by atoms with E-state index in [9.17, 15) is 4.79 Å². The first-order valence-electron chi connectivity index (χ1n) is 6.12. The van der Waals surface area contributed by atoms with Gasteiger partial charge in [-0.05, 0) is 0 Å². The predicted octanol–water partition coefficient (Wildman–Crippen LogP) is 1.97. The normalized spacial score (nSPS) is 28.0. The van der Waals surface area contributed by atoms with Gasteiger partial charge >= 0.3 is 5.97 Å². The van der Waals surface area contributed by atoms with Gasteiger partial charge in [-0.1, -0.05) is 30.3 Å². The lowest BCUT2D eigenvalue weighted by atomic mass is 10.2. The molecule has 2 atom stereocenters. The third kappa shape index (κ3) is 3.30. The van der Waals surface area contributed by atoms with Crippen LogP contribution in [0.2, 0.25) is 0 Å². The minimum absolute atomic E-state index is 0.0983. The molecule has 1 saturated heterocycles. The van der Waals surface area contributed by atoms with Crippen LogP contribution in [0.4, 0.5) is 0 Å². The van der Waals surface area contributed by atoms with Crippen LogP contribution in [0.1, 0.15) is 18.9 Å². The SMILES string of the molecule is CC(=O)O[C@@H]1CC[N+](C)(Cc2ccccc2)C1. The van der Waals surface area contributed by atoms with Crippen LogP contribution in [0.25, 0.3) is 0 Å². The van der Waals surface area contributed by atoms with E-state index in [0.717, 1.165) is 30.5 Å². The van der Waals surface area contributed by atoms with Gasteiger partial charge in [0.1, 0.15) is 13.1 Å². The lowest BCUT2D eigenvalue weighted by Gasteiger charge is -2.29. The second kappa shape index (κ2) is 4.88. The molecule has 0 radical (unpaired) electrons. The first-order valence-corrected chi connectivity index (χ1v) is 6.12. The van der Waals surface area contributed by atoms with Crippen molar-refractivity contribution >= 4 is 5.97 Å². The monoisotopic (exact) mass is 234 g/mol. The van der Waals surface area contributed by atoms with E-state index in [1.54, 1.807) is 0 Å². The molecule has 17 heavy (non-hydrogen) atoms. The van der Waals surface area contributed by atoms with Gasteiger partial charge in [-0.3, -0.25) is 4.79 Å². The van der Waals surface area contributed by atoms with Crippen molar-refractivity contribution in [3.63, 3.8) is 0 Å². The standard InChI is InChI=1S/C14H20NO2/c1-12(16)17-14-8-9-15(2,11-14)10-13-6-4-3-5-7-13/h3-7,14H,8-11H2,1-2H3/q+1/t14-,15?/m1/s1. The van der Waals surface area contributed by atoms with E-state index in [0.29, 0.717) is 0 Å². The van der Waals surface area contributed by atoms with Crippen molar-refractivity contribution in [3.8, 4) is 0 Å². The summed E-state index contributed by atoms with van der Waals surface area (Å²) < 4.78 is 6.25. The van der Waals surface area contributed by atoms with Crippen molar-refractivity contribution in [1.82, 2.24) is 0 Å². The molecule has 92 valence electrons. The number of benzene rings is 1. The topological polar surface area (TPSA) is 26.3 Å². The summed E-state index contributed by atoms with van der Waals surface area (Å²) in [6.07, 6.45) is 1.07. The van der Waals surface area contributed by atoms with Gasteiger partial charge in [0.05, 0.1) is 13.6 Å². The Morgan fingerprint density at radius 3 is 2.76 bits per heavy atom. The third-order valence-electron chi connectivity index (χ3n) is 3.38. The summed E-state index contributed by atoms with van der Waals surface area (Å²) in [5.74, 6) is -0.164. The van der Waals surface area contributed by atoms with Crippen molar-refractivity contribution in [2.75, 3.05) is 20.1 Å². The minimum Gasteiger partial charge on any atom is -0.456 e. The van der Waals surface area contributed by atoms with Crippen LogP contribution in [0.3, 0.4) is 0 Å². The van der Waals surface area contributed by atoms with Gasteiger partial charge in [0.25, 0.3) is 0 Å². The van der Waals surface area contributed by atoms with E-state index in [1.807, 2.05) is 6.07 Å². The molecule has 1 aliphatic rings. The van der Waals surface area contributed by atoms with Crippen LogP contribution < -0.4 is 0 Å². The number of hydrogen-bond donors (Lipinski definition) is 0. The molecule has 1 aromatic carbocycles. The van der Waals surface area contributed by atoms with Crippen molar-refractivity contribution < 1.29 is 14.0 Å². The van der Waals surface area contributed by atoms with Gasteiger partial charge in [-0.15, -0.1) is 0 Å². The number of likely N-dealkylation sites (tertiary alicyclic amines) is 1. The summed E-state index contributed by atoms with van der Waals surface area (Å²) in [7, 11) is 2.23. The molecule has 1 aromatic rings. The zero-order valence-electron chi connectivity index (χ0n) is 10.6. The molecule has 2 rings (SSSR count). The quantitative estimate of drug-likeness (QED) is 0.590. The van der Waals surface area contributed by atoms with Crippen LogP contribution >= 0.6 is 0 Å². The lowest BCUT2D eigenvalue weighted by Crippen LogP contribution is -2.41. The first-order chi connectivity index (χ1) is 8.07. The molecule has 1 unspecified atom stereocenters. The molecule has 0 amide bonds. The summed E-state index contributed by atoms with van der Waals surface area (Å²) in [6, 6.07) is 10.5. The molecule has 3 nitrogen and oxygen atoms in total. The summed E-state index contributed by atoms with van der Waals surface area (Å²) in [5.41, 5.74) is 1.35. The highest BCUT2D eigenvalue weighted by atomic mass is 16.5. The molecule has 1 heterocycles. The Morgan fingerprint density at radius 2 is 2.12 bits per heavy atom. The zero-order chi connectivity index (χ0) is 12.3. The highest BCUT2D eigenvalue weighted by Crippen LogP contribution is 2.23. The first kappa shape index (κ1) is 12.1. The van der Waals surface area contributed by atoms with Crippen molar-refractivity contribution in [3.05, 3.63) is 35.9 Å². The van der Waals surface area contributed by atoms with E-state index >= 15 is 0 Å². The van der Waals surface area contributed by atoms with Crippen LogP contribution in [-0.2, 0) is 16.1 Å². The van der Waals surface area contributed by atoms with Gasteiger partial charge < -0.3 is 9.22 Å². The van der Waals surface area contributed by atoms with Gasteiger partial charge in [0.15, 0.2) is 6.10 Å². The maximum atomic E-state index is 10.9. The molecular weight excluding hydrogens is 214 g/mol. The molecular formula is C14H20NO2+. The van der Waals surface area contributed by atoms with Crippen molar-refractivity contribution in [1.29, 1.82) is 0 Å². The maximum absolute atomic E-state index is 10.9. The number of esters is 1. The summed E-state index contributed by atoms with van der Waals surface area (Å²) in [6.45, 7) is 4.50. The van der Waals surface area contributed by atoms with Gasteiger partial charge in [-0.2, -0.15) is 0 Å². The van der Waals surface area contributed by atoms with E-state index in [2.05, 4.69) is 31.3 Å². The Labute approximate surface area is 103 Å². The fourth-order valence-corrected chi connectivity index (χ4v) is 2.63. The average molecular weight is 234 g/mol. The third-order valence-corrected chi connectivity index (χ3v) is 3.38. The molecule has 0 spiro atoms. The second-order valence-electron chi connectivity index (χ2n) is 5.19. The van der Waals surface area contributed by atoms with E-state index < -0.39 is 0 Å². The highest BCUT2D eigenvalue weighted by Gasteiger charge is 2.36. The number of rotatable bonds is 3. The molecule has 1 aliphatic heterocycles. The summed E-state index contributed by atoms with van der Waals surface area (Å²) in [4.78, 5) is 10.9. The van der Waals surface area contributed by atoms with Crippen LogP contribution in [0, 0.1) is 0 Å². The maximum Gasteiger partial charge on any atom is 0.303 e. The number of ether oxygens (including phenoxy) is 1. The largest absolute Gasteiger partial charge is 0.456 e. The zero-order valence-corrected chi connectivity index (χ0v) is 10.6. The van der Waals surface area contributed by atoms with Crippen molar-refractivity contribution in [2.45, 2.75) is 26.0 Å². The van der Waals surface area contributed by atoms with Crippen LogP contribution in [0.15, 0.2) is 30.3 Å². The average Bonchev–Trinajstić information content (AvgIpc) is 2.60. The molecule has 0 aliphatic carbocycles. The smallest absolute Gasteiger partial charge is 0.303 e. The van der Waals surface area contributed by atoms with Gasteiger partial charge in [0, 0.05) is 18.9 Å². The van der Waals surface area contributed by atoms with Crippen LogP contribution in [-0.4, -0.2) is 36.7 Å². The summed E-state index contributed by atoms with van der Waals surface area (Å²) in [5, 5.41) is 0. The fourth-order valence-electron chi connectivity index (χ4n) is 2.63. The minimum atomic E-state index is -0.164. The Hall–Kier alpha value is -1.35. The second-order valence-corrected chi connectivity index (χ2v) is 5.19. The fraction of sp³-hybridized carbons (Fsp3) is 0.500. The molecule has 3 heteroatoms.